The van der Waals surface area contributed by atoms with E-state index in [1.807, 2.05) is 19.0 Å². The first-order valence-electron chi connectivity index (χ1n) is 6.41. The molecule has 0 N–H and O–H groups in total. The van der Waals surface area contributed by atoms with Crippen LogP contribution in [-0.2, 0) is 4.79 Å². The number of hydrogen-bond acceptors (Lipinski definition) is 3. The van der Waals surface area contributed by atoms with Crippen LogP contribution >= 0.6 is 0 Å². The fourth-order valence-corrected chi connectivity index (χ4v) is 2.36. The molecular formula is C13H27N3O. The zero-order valence-corrected chi connectivity index (χ0v) is 12.2. The Hall–Kier alpha value is -0.610. The van der Waals surface area contributed by atoms with Gasteiger partial charge in [-0.2, -0.15) is 0 Å². The van der Waals surface area contributed by atoms with Gasteiger partial charge in [0.15, 0.2) is 0 Å². The summed E-state index contributed by atoms with van der Waals surface area (Å²) in [5, 5.41) is 0. The quantitative estimate of drug-likeness (QED) is 0.734. The number of amides is 1. The maximum absolute atomic E-state index is 12.1. The fraction of sp³-hybridized carbons (Fsp3) is 0.923. The van der Waals surface area contributed by atoms with Crippen LogP contribution in [0.3, 0.4) is 0 Å². The van der Waals surface area contributed by atoms with Crippen molar-refractivity contribution in [3.63, 3.8) is 0 Å². The SMILES string of the molecule is C[C@H]1CN(CCN(C)C)C(=O)CN1C(C)(C)C. The van der Waals surface area contributed by atoms with E-state index < -0.39 is 0 Å². The Morgan fingerprint density at radius 1 is 1.35 bits per heavy atom. The number of carbonyl (C=O) groups is 1. The molecule has 1 aliphatic heterocycles. The lowest BCUT2D eigenvalue weighted by Crippen LogP contribution is -2.61. The molecule has 1 heterocycles. The molecule has 1 amide bonds. The second kappa shape index (κ2) is 5.36. The van der Waals surface area contributed by atoms with Crippen molar-refractivity contribution in [2.24, 2.45) is 0 Å². The van der Waals surface area contributed by atoms with Crippen LogP contribution in [0.25, 0.3) is 0 Å². The summed E-state index contributed by atoms with van der Waals surface area (Å²) in [4.78, 5) is 18.5. The van der Waals surface area contributed by atoms with Gasteiger partial charge in [-0.05, 0) is 41.8 Å². The summed E-state index contributed by atoms with van der Waals surface area (Å²) in [5.41, 5.74) is 0.0721. The topological polar surface area (TPSA) is 26.8 Å². The highest BCUT2D eigenvalue weighted by molar-refractivity contribution is 5.79. The van der Waals surface area contributed by atoms with Gasteiger partial charge in [-0.1, -0.05) is 0 Å². The van der Waals surface area contributed by atoms with Crippen LogP contribution in [0.2, 0.25) is 0 Å². The predicted molar refractivity (Wildman–Crippen MR) is 71.1 cm³/mol. The van der Waals surface area contributed by atoms with Crippen molar-refractivity contribution in [2.75, 3.05) is 40.3 Å². The molecule has 1 rings (SSSR count). The Morgan fingerprint density at radius 2 is 1.94 bits per heavy atom. The summed E-state index contributed by atoms with van der Waals surface area (Å²) < 4.78 is 0. The van der Waals surface area contributed by atoms with E-state index in [1.165, 1.54) is 0 Å². The molecule has 100 valence electrons. The minimum atomic E-state index is 0.0721. The van der Waals surface area contributed by atoms with E-state index in [0.717, 1.165) is 19.6 Å². The van der Waals surface area contributed by atoms with Crippen LogP contribution in [0.4, 0.5) is 0 Å². The second-order valence-corrected chi connectivity index (χ2v) is 6.29. The summed E-state index contributed by atoms with van der Waals surface area (Å²) >= 11 is 0. The normalized spacial score (nSPS) is 23.6. The summed E-state index contributed by atoms with van der Waals surface area (Å²) in [6, 6.07) is 0.440. The van der Waals surface area contributed by atoms with Gasteiger partial charge in [0, 0.05) is 31.2 Å². The highest BCUT2D eigenvalue weighted by Gasteiger charge is 2.35. The summed E-state index contributed by atoms with van der Waals surface area (Å²) in [5.74, 6) is 0.264. The van der Waals surface area contributed by atoms with E-state index in [1.54, 1.807) is 0 Å². The van der Waals surface area contributed by atoms with Gasteiger partial charge in [-0.3, -0.25) is 9.69 Å². The Bertz CT molecular complexity index is 270. The zero-order valence-electron chi connectivity index (χ0n) is 12.2. The smallest absolute Gasteiger partial charge is 0.236 e. The standard InChI is InChI=1S/C13H27N3O/c1-11-9-15(8-7-14(5)6)12(17)10-16(11)13(2,3)4/h11H,7-10H2,1-6H3/t11-/m0/s1. The molecule has 0 aromatic carbocycles. The molecule has 1 aliphatic rings. The molecule has 0 aromatic rings. The lowest BCUT2D eigenvalue weighted by Gasteiger charge is -2.46. The molecule has 0 radical (unpaired) electrons. The molecular weight excluding hydrogens is 214 g/mol. The van der Waals surface area contributed by atoms with Crippen LogP contribution in [0.1, 0.15) is 27.7 Å². The number of nitrogens with zero attached hydrogens (tertiary/aromatic N) is 3. The molecule has 0 unspecified atom stereocenters. The first-order valence-corrected chi connectivity index (χ1v) is 6.41. The molecule has 1 fully saturated rings. The van der Waals surface area contributed by atoms with Crippen LogP contribution in [-0.4, -0.2) is 72.5 Å². The van der Waals surface area contributed by atoms with Crippen molar-refractivity contribution in [2.45, 2.75) is 39.3 Å². The van der Waals surface area contributed by atoms with Crippen molar-refractivity contribution in [3.8, 4) is 0 Å². The molecule has 17 heavy (non-hydrogen) atoms. The molecule has 0 saturated carbocycles. The lowest BCUT2D eigenvalue weighted by atomic mass is 10.0. The van der Waals surface area contributed by atoms with E-state index >= 15 is 0 Å². The zero-order chi connectivity index (χ0) is 13.2. The Morgan fingerprint density at radius 3 is 2.41 bits per heavy atom. The highest BCUT2D eigenvalue weighted by Crippen LogP contribution is 2.21. The molecule has 4 nitrogen and oxygen atoms in total. The Labute approximate surface area is 106 Å². The molecule has 0 aromatic heterocycles. The van der Waals surface area contributed by atoms with Crippen LogP contribution in [0.5, 0.6) is 0 Å². The lowest BCUT2D eigenvalue weighted by molar-refractivity contribution is -0.141. The number of hydrogen-bond donors (Lipinski definition) is 0. The third-order valence-corrected chi connectivity index (χ3v) is 3.35. The number of piperazine rings is 1. The largest absolute Gasteiger partial charge is 0.339 e. The number of rotatable bonds is 3. The van der Waals surface area contributed by atoms with Crippen LogP contribution in [0, 0.1) is 0 Å². The van der Waals surface area contributed by atoms with Gasteiger partial charge in [-0.25, -0.2) is 0 Å². The number of likely N-dealkylation sites (N-methyl/N-ethyl adjacent to an activating group) is 1. The maximum atomic E-state index is 12.1. The summed E-state index contributed by atoms with van der Waals surface area (Å²) in [6.07, 6.45) is 0. The van der Waals surface area contributed by atoms with Gasteiger partial charge in [-0.15, -0.1) is 0 Å². The molecule has 1 atom stereocenters. The molecule has 0 bridgehead atoms. The number of carbonyl (C=O) groups excluding carboxylic acids is 1. The van der Waals surface area contributed by atoms with Crippen LogP contribution in [0.15, 0.2) is 0 Å². The average Bonchev–Trinajstić information content (AvgIpc) is 2.17. The third-order valence-electron chi connectivity index (χ3n) is 3.35. The minimum Gasteiger partial charge on any atom is -0.339 e. The van der Waals surface area contributed by atoms with Gasteiger partial charge in [0.2, 0.25) is 5.91 Å². The minimum absolute atomic E-state index is 0.0721. The van der Waals surface area contributed by atoms with Gasteiger partial charge >= 0.3 is 0 Å². The predicted octanol–water partition coefficient (Wildman–Crippen LogP) is 0.879. The van der Waals surface area contributed by atoms with Gasteiger partial charge in [0.05, 0.1) is 6.54 Å². The van der Waals surface area contributed by atoms with Gasteiger partial charge in [0.25, 0.3) is 0 Å². The molecule has 0 spiro atoms. The highest BCUT2D eigenvalue weighted by atomic mass is 16.2. The molecule has 0 aliphatic carbocycles. The van der Waals surface area contributed by atoms with Crippen molar-refractivity contribution in [3.05, 3.63) is 0 Å². The summed E-state index contributed by atoms with van der Waals surface area (Å²) in [7, 11) is 4.08. The first kappa shape index (κ1) is 14.5. The van der Waals surface area contributed by atoms with E-state index in [0.29, 0.717) is 12.6 Å². The van der Waals surface area contributed by atoms with E-state index in [9.17, 15) is 4.79 Å². The second-order valence-electron chi connectivity index (χ2n) is 6.29. The summed E-state index contributed by atoms with van der Waals surface area (Å²) in [6.45, 7) is 11.9. The van der Waals surface area contributed by atoms with E-state index in [-0.39, 0.29) is 11.4 Å². The van der Waals surface area contributed by atoms with Crippen molar-refractivity contribution < 1.29 is 4.79 Å². The van der Waals surface area contributed by atoms with Gasteiger partial charge in [0.1, 0.15) is 0 Å². The first-order chi connectivity index (χ1) is 7.71. The maximum Gasteiger partial charge on any atom is 0.236 e. The third kappa shape index (κ3) is 3.96. The average molecular weight is 241 g/mol. The van der Waals surface area contributed by atoms with Crippen molar-refractivity contribution >= 4 is 5.91 Å². The van der Waals surface area contributed by atoms with E-state index in [2.05, 4.69) is 37.5 Å². The van der Waals surface area contributed by atoms with Crippen molar-refractivity contribution in [1.29, 1.82) is 0 Å². The fourth-order valence-electron chi connectivity index (χ4n) is 2.36. The van der Waals surface area contributed by atoms with Crippen LogP contribution < -0.4 is 0 Å². The van der Waals surface area contributed by atoms with E-state index in [4.69, 9.17) is 0 Å². The molecule has 4 heteroatoms. The molecule has 1 saturated heterocycles. The Kier molecular flexibility index (Phi) is 4.55. The monoisotopic (exact) mass is 241 g/mol. The van der Waals surface area contributed by atoms with Crippen molar-refractivity contribution in [1.82, 2.24) is 14.7 Å². The van der Waals surface area contributed by atoms with Gasteiger partial charge < -0.3 is 9.80 Å². The Balaban J connectivity index is 2.58.